The highest BCUT2D eigenvalue weighted by Gasteiger charge is 2.39. The smallest absolute Gasteiger partial charge is 0.230 e. The van der Waals surface area contributed by atoms with Crippen LogP contribution in [0.2, 0.25) is 0 Å². The quantitative estimate of drug-likeness (QED) is 0.741. The summed E-state index contributed by atoms with van der Waals surface area (Å²) in [5.74, 6) is 0.117. The van der Waals surface area contributed by atoms with Gasteiger partial charge in [-0.25, -0.2) is 0 Å². The maximum Gasteiger partial charge on any atom is 0.230 e. The molecule has 0 radical (unpaired) electrons. The zero-order valence-corrected chi connectivity index (χ0v) is 14.8. The zero-order chi connectivity index (χ0) is 17.8. The van der Waals surface area contributed by atoms with E-state index in [2.05, 4.69) is 15.3 Å². The summed E-state index contributed by atoms with van der Waals surface area (Å²) in [6, 6.07) is 14.0. The van der Waals surface area contributed by atoms with Gasteiger partial charge in [0.05, 0.1) is 22.8 Å². The van der Waals surface area contributed by atoms with Gasteiger partial charge in [0, 0.05) is 17.8 Å². The number of aromatic nitrogens is 2. The number of para-hydroxylation sites is 1. The van der Waals surface area contributed by atoms with Gasteiger partial charge < -0.3 is 5.32 Å². The standard InChI is InChI=1S/C22H23N3O/c26-21(25-19-14-18-6-2-3-7-20(18)24-16-19)22(10-4-1-5-11-22)15-17-8-12-23-13-9-17/h2-3,6-9,12-14,16H,1,4-5,10-11,15H2,(H,25,26). The molecule has 4 heteroatoms. The molecule has 1 aromatic carbocycles. The molecule has 4 nitrogen and oxygen atoms in total. The van der Waals surface area contributed by atoms with Crippen LogP contribution in [0.15, 0.2) is 61.1 Å². The Morgan fingerprint density at radius 1 is 1.04 bits per heavy atom. The molecule has 0 unspecified atom stereocenters. The number of carbonyl (C=O) groups is 1. The second-order valence-corrected chi connectivity index (χ2v) is 7.24. The van der Waals surface area contributed by atoms with E-state index in [1.54, 1.807) is 18.6 Å². The van der Waals surface area contributed by atoms with Crippen LogP contribution in [0.5, 0.6) is 0 Å². The molecule has 1 N–H and O–H groups in total. The number of hydrogen-bond donors (Lipinski definition) is 1. The number of fused-ring (bicyclic) bond motifs is 1. The average Bonchev–Trinajstić information content (AvgIpc) is 2.69. The number of benzene rings is 1. The van der Waals surface area contributed by atoms with Crippen LogP contribution >= 0.6 is 0 Å². The lowest BCUT2D eigenvalue weighted by molar-refractivity contribution is -0.127. The van der Waals surface area contributed by atoms with Crippen molar-refractivity contribution in [1.29, 1.82) is 0 Å². The molecule has 1 saturated carbocycles. The molecule has 0 atom stereocenters. The van der Waals surface area contributed by atoms with Crippen molar-refractivity contribution >= 4 is 22.5 Å². The number of nitrogens with zero attached hydrogens (tertiary/aromatic N) is 2. The molecular weight excluding hydrogens is 322 g/mol. The molecule has 0 saturated heterocycles. The lowest BCUT2D eigenvalue weighted by atomic mass is 9.69. The molecule has 0 aliphatic heterocycles. The summed E-state index contributed by atoms with van der Waals surface area (Å²) in [5.41, 5.74) is 2.54. The van der Waals surface area contributed by atoms with Crippen LogP contribution in [0.3, 0.4) is 0 Å². The average molecular weight is 345 g/mol. The van der Waals surface area contributed by atoms with E-state index in [0.717, 1.165) is 48.7 Å². The maximum absolute atomic E-state index is 13.3. The first-order valence-corrected chi connectivity index (χ1v) is 9.30. The fourth-order valence-electron chi connectivity index (χ4n) is 4.01. The van der Waals surface area contributed by atoms with E-state index in [4.69, 9.17) is 0 Å². The van der Waals surface area contributed by atoms with Crippen LogP contribution in [0.25, 0.3) is 10.9 Å². The third kappa shape index (κ3) is 3.45. The highest BCUT2D eigenvalue weighted by Crippen LogP contribution is 2.40. The fourth-order valence-corrected chi connectivity index (χ4v) is 4.01. The van der Waals surface area contributed by atoms with Gasteiger partial charge in [0.2, 0.25) is 5.91 Å². The lowest BCUT2D eigenvalue weighted by Gasteiger charge is -2.36. The monoisotopic (exact) mass is 345 g/mol. The van der Waals surface area contributed by atoms with E-state index in [9.17, 15) is 4.79 Å². The van der Waals surface area contributed by atoms with Crippen LogP contribution < -0.4 is 5.32 Å². The molecule has 0 spiro atoms. The zero-order valence-electron chi connectivity index (χ0n) is 14.8. The van der Waals surface area contributed by atoms with Gasteiger partial charge in [0.15, 0.2) is 0 Å². The second-order valence-electron chi connectivity index (χ2n) is 7.24. The van der Waals surface area contributed by atoms with Gasteiger partial charge in [-0.1, -0.05) is 37.5 Å². The van der Waals surface area contributed by atoms with Crippen LogP contribution in [0.4, 0.5) is 5.69 Å². The van der Waals surface area contributed by atoms with E-state index in [-0.39, 0.29) is 11.3 Å². The minimum Gasteiger partial charge on any atom is -0.324 e. The molecule has 0 bridgehead atoms. The Kier molecular flexibility index (Phi) is 4.65. The summed E-state index contributed by atoms with van der Waals surface area (Å²) < 4.78 is 0. The molecule has 4 rings (SSSR count). The van der Waals surface area contributed by atoms with Crippen molar-refractivity contribution < 1.29 is 4.79 Å². The maximum atomic E-state index is 13.3. The van der Waals surface area contributed by atoms with E-state index < -0.39 is 0 Å². The summed E-state index contributed by atoms with van der Waals surface area (Å²) in [7, 11) is 0. The fraction of sp³-hybridized carbons (Fsp3) is 0.318. The van der Waals surface area contributed by atoms with Gasteiger partial charge in [-0.05, 0) is 49.1 Å². The van der Waals surface area contributed by atoms with Crippen LogP contribution in [-0.2, 0) is 11.2 Å². The van der Waals surface area contributed by atoms with E-state index in [1.165, 1.54) is 12.0 Å². The third-order valence-corrected chi connectivity index (χ3v) is 5.43. The first kappa shape index (κ1) is 16.7. The molecular formula is C22H23N3O. The van der Waals surface area contributed by atoms with Crippen molar-refractivity contribution in [1.82, 2.24) is 9.97 Å². The Balaban J connectivity index is 1.59. The number of carbonyl (C=O) groups excluding carboxylic acids is 1. The molecule has 2 aromatic heterocycles. The number of amides is 1. The highest BCUT2D eigenvalue weighted by atomic mass is 16.2. The topological polar surface area (TPSA) is 54.9 Å². The highest BCUT2D eigenvalue weighted by molar-refractivity contribution is 5.97. The molecule has 1 aliphatic carbocycles. The van der Waals surface area contributed by atoms with Crippen molar-refractivity contribution in [2.24, 2.45) is 5.41 Å². The predicted octanol–water partition coefficient (Wildman–Crippen LogP) is 4.76. The van der Waals surface area contributed by atoms with Crippen molar-refractivity contribution in [2.45, 2.75) is 38.5 Å². The summed E-state index contributed by atoms with van der Waals surface area (Å²) in [5, 5.41) is 4.19. The molecule has 2 heterocycles. The summed E-state index contributed by atoms with van der Waals surface area (Å²) in [4.78, 5) is 21.8. The minimum absolute atomic E-state index is 0.117. The molecule has 1 amide bonds. The van der Waals surface area contributed by atoms with E-state index >= 15 is 0 Å². The van der Waals surface area contributed by atoms with Crippen molar-refractivity contribution in [3.05, 3.63) is 66.6 Å². The molecule has 132 valence electrons. The number of anilines is 1. The van der Waals surface area contributed by atoms with E-state index in [0.29, 0.717) is 0 Å². The van der Waals surface area contributed by atoms with Gasteiger partial charge >= 0.3 is 0 Å². The summed E-state index contributed by atoms with van der Waals surface area (Å²) in [6.45, 7) is 0. The predicted molar refractivity (Wildman–Crippen MR) is 104 cm³/mol. The second kappa shape index (κ2) is 7.24. The van der Waals surface area contributed by atoms with Gasteiger partial charge in [-0.2, -0.15) is 0 Å². The number of nitrogens with one attached hydrogen (secondary N) is 1. The first-order chi connectivity index (χ1) is 12.8. The molecule has 1 fully saturated rings. The Hall–Kier alpha value is -2.75. The first-order valence-electron chi connectivity index (χ1n) is 9.30. The van der Waals surface area contributed by atoms with Crippen molar-refractivity contribution in [3.8, 4) is 0 Å². The molecule has 1 aliphatic rings. The summed E-state index contributed by atoms with van der Waals surface area (Å²) in [6.07, 6.45) is 11.4. The Morgan fingerprint density at radius 2 is 1.81 bits per heavy atom. The Morgan fingerprint density at radius 3 is 2.62 bits per heavy atom. The van der Waals surface area contributed by atoms with Crippen molar-refractivity contribution in [2.75, 3.05) is 5.32 Å². The van der Waals surface area contributed by atoms with Crippen molar-refractivity contribution in [3.63, 3.8) is 0 Å². The number of hydrogen-bond acceptors (Lipinski definition) is 3. The van der Waals surface area contributed by atoms with Gasteiger partial charge in [0.1, 0.15) is 0 Å². The van der Waals surface area contributed by atoms with E-state index in [1.807, 2.05) is 42.5 Å². The van der Waals surface area contributed by atoms with Crippen LogP contribution in [0.1, 0.15) is 37.7 Å². The Labute approximate surface area is 153 Å². The number of rotatable bonds is 4. The lowest BCUT2D eigenvalue weighted by Crippen LogP contribution is -2.40. The van der Waals surface area contributed by atoms with Gasteiger partial charge in [-0.3, -0.25) is 14.8 Å². The largest absolute Gasteiger partial charge is 0.324 e. The third-order valence-electron chi connectivity index (χ3n) is 5.43. The summed E-state index contributed by atoms with van der Waals surface area (Å²) >= 11 is 0. The normalized spacial score (nSPS) is 16.3. The molecule has 3 aromatic rings. The SMILES string of the molecule is O=C(Nc1cnc2ccccc2c1)C1(Cc2ccncc2)CCCCC1. The van der Waals surface area contributed by atoms with Crippen LogP contribution in [-0.4, -0.2) is 15.9 Å². The van der Waals surface area contributed by atoms with Gasteiger partial charge in [0.25, 0.3) is 0 Å². The number of pyridine rings is 2. The Bertz CT molecular complexity index is 901. The minimum atomic E-state index is -0.342. The van der Waals surface area contributed by atoms with Gasteiger partial charge in [-0.15, -0.1) is 0 Å². The molecule has 26 heavy (non-hydrogen) atoms. The van der Waals surface area contributed by atoms with Crippen LogP contribution in [0, 0.1) is 5.41 Å².